The molecule has 0 aliphatic heterocycles. The van der Waals surface area contributed by atoms with E-state index in [1.165, 1.54) is 12.8 Å². The number of hydrogen-bond acceptors (Lipinski definition) is 3. The van der Waals surface area contributed by atoms with Gasteiger partial charge in [-0.2, -0.15) is 0 Å². The minimum absolute atomic E-state index is 0.0942. The number of rotatable bonds is 7. The Balaban J connectivity index is 1.66. The summed E-state index contributed by atoms with van der Waals surface area (Å²) in [6.07, 6.45) is 4.51. The predicted octanol–water partition coefficient (Wildman–Crippen LogP) is 0.359. The Labute approximate surface area is 97.0 Å². The molecule has 0 aromatic carbocycles. The zero-order valence-electron chi connectivity index (χ0n) is 10.0. The number of likely N-dealkylation sites (N-methyl/N-ethyl adjacent to an activating group) is 1. The summed E-state index contributed by atoms with van der Waals surface area (Å²) in [5, 5.41) is 12.3. The number of carbonyl (C=O) groups is 1. The van der Waals surface area contributed by atoms with E-state index in [9.17, 15) is 4.79 Å². The summed E-state index contributed by atoms with van der Waals surface area (Å²) in [6, 6.07) is 0.507. The SMILES string of the molecule is CCN(C(=O)CNCC1(CO)CC1)C1CC1. The van der Waals surface area contributed by atoms with E-state index in [1.54, 1.807) is 0 Å². The van der Waals surface area contributed by atoms with E-state index in [4.69, 9.17) is 5.11 Å². The van der Waals surface area contributed by atoms with Gasteiger partial charge in [0, 0.05) is 31.2 Å². The first-order valence-corrected chi connectivity index (χ1v) is 6.32. The Morgan fingerprint density at radius 2 is 2.19 bits per heavy atom. The molecule has 0 saturated heterocycles. The summed E-state index contributed by atoms with van der Waals surface area (Å²) in [6.45, 7) is 4.29. The van der Waals surface area contributed by atoms with Gasteiger partial charge in [-0.05, 0) is 32.6 Å². The lowest BCUT2D eigenvalue weighted by Crippen LogP contribution is -2.41. The number of nitrogens with one attached hydrogen (secondary N) is 1. The van der Waals surface area contributed by atoms with Crippen molar-refractivity contribution in [1.82, 2.24) is 10.2 Å². The van der Waals surface area contributed by atoms with Crippen molar-refractivity contribution in [2.24, 2.45) is 5.41 Å². The van der Waals surface area contributed by atoms with Crippen molar-refractivity contribution in [2.45, 2.75) is 38.6 Å². The van der Waals surface area contributed by atoms with E-state index in [0.717, 1.165) is 25.9 Å². The van der Waals surface area contributed by atoms with Crippen LogP contribution in [0.5, 0.6) is 0 Å². The van der Waals surface area contributed by atoms with Crippen molar-refractivity contribution >= 4 is 5.91 Å². The summed E-state index contributed by atoms with van der Waals surface area (Å²) in [5.41, 5.74) is 0.0942. The zero-order chi connectivity index (χ0) is 11.6. The lowest BCUT2D eigenvalue weighted by atomic mass is 10.1. The maximum Gasteiger partial charge on any atom is 0.236 e. The Hall–Kier alpha value is -0.610. The number of aliphatic hydroxyl groups excluding tert-OH is 1. The fourth-order valence-electron chi connectivity index (χ4n) is 2.13. The highest BCUT2D eigenvalue weighted by atomic mass is 16.3. The smallest absolute Gasteiger partial charge is 0.236 e. The summed E-state index contributed by atoms with van der Waals surface area (Å²) in [5.74, 6) is 0.207. The van der Waals surface area contributed by atoms with Crippen LogP contribution in [0.3, 0.4) is 0 Å². The molecule has 0 bridgehead atoms. The van der Waals surface area contributed by atoms with Gasteiger partial charge >= 0.3 is 0 Å². The molecule has 4 nitrogen and oxygen atoms in total. The van der Waals surface area contributed by atoms with E-state index < -0.39 is 0 Å². The zero-order valence-corrected chi connectivity index (χ0v) is 10.0. The van der Waals surface area contributed by atoms with Crippen LogP contribution in [-0.4, -0.2) is 48.2 Å². The number of nitrogens with zero attached hydrogens (tertiary/aromatic N) is 1. The summed E-state index contributed by atoms with van der Waals surface area (Å²) in [7, 11) is 0. The summed E-state index contributed by atoms with van der Waals surface area (Å²) >= 11 is 0. The van der Waals surface area contributed by atoms with Crippen molar-refractivity contribution < 1.29 is 9.90 Å². The standard InChI is InChI=1S/C12H22N2O2/c1-2-14(10-3-4-10)11(16)7-13-8-12(9-15)5-6-12/h10,13,15H,2-9H2,1H3. The quantitative estimate of drug-likeness (QED) is 0.659. The molecular formula is C12H22N2O2. The fraction of sp³-hybridized carbons (Fsp3) is 0.917. The molecule has 2 N–H and O–H groups in total. The molecule has 2 saturated carbocycles. The van der Waals surface area contributed by atoms with Crippen molar-refractivity contribution in [3.63, 3.8) is 0 Å². The lowest BCUT2D eigenvalue weighted by molar-refractivity contribution is -0.130. The lowest BCUT2D eigenvalue weighted by Gasteiger charge is -2.21. The second-order valence-corrected chi connectivity index (χ2v) is 5.17. The third-order valence-electron chi connectivity index (χ3n) is 3.72. The Kier molecular flexibility index (Phi) is 3.50. The molecule has 2 fully saturated rings. The molecule has 16 heavy (non-hydrogen) atoms. The van der Waals surface area contributed by atoms with Crippen molar-refractivity contribution in [3.05, 3.63) is 0 Å². The van der Waals surface area contributed by atoms with Gasteiger partial charge in [-0.15, -0.1) is 0 Å². The third kappa shape index (κ3) is 2.74. The van der Waals surface area contributed by atoms with Gasteiger partial charge in [0.1, 0.15) is 0 Å². The first-order chi connectivity index (χ1) is 7.71. The maximum absolute atomic E-state index is 11.9. The van der Waals surface area contributed by atoms with E-state index in [-0.39, 0.29) is 17.9 Å². The number of hydrogen-bond donors (Lipinski definition) is 2. The normalized spacial score (nSPS) is 21.9. The molecular weight excluding hydrogens is 204 g/mol. The molecule has 0 unspecified atom stereocenters. The Bertz CT molecular complexity index is 260. The van der Waals surface area contributed by atoms with E-state index >= 15 is 0 Å². The van der Waals surface area contributed by atoms with Gasteiger partial charge in [0.2, 0.25) is 5.91 Å². The van der Waals surface area contributed by atoms with Gasteiger partial charge in [-0.25, -0.2) is 0 Å². The first kappa shape index (κ1) is 11.9. The summed E-state index contributed by atoms with van der Waals surface area (Å²) < 4.78 is 0. The van der Waals surface area contributed by atoms with Crippen LogP contribution >= 0.6 is 0 Å². The third-order valence-corrected chi connectivity index (χ3v) is 3.72. The van der Waals surface area contributed by atoms with Crippen molar-refractivity contribution in [1.29, 1.82) is 0 Å². The van der Waals surface area contributed by atoms with E-state index in [2.05, 4.69) is 5.32 Å². The monoisotopic (exact) mass is 226 g/mol. The van der Waals surface area contributed by atoms with Crippen LogP contribution in [0.25, 0.3) is 0 Å². The molecule has 1 amide bonds. The molecule has 2 rings (SSSR count). The van der Waals surface area contributed by atoms with Crippen LogP contribution in [-0.2, 0) is 4.79 Å². The second-order valence-electron chi connectivity index (χ2n) is 5.17. The molecule has 0 spiro atoms. The van der Waals surface area contributed by atoms with Crippen molar-refractivity contribution in [2.75, 3.05) is 26.2 Å². The molecule has 2 aliphatic rings. The van der Waals surface area contributed by atoms with Crippen LogP contribution in [0.15, 0.2) is 0 Å². The van der Waals surface area contributed by atoms with Crippen LogP contribution in [0.2, 0.25) is 0 Å². The molecule has 0 atom stereocenters. The molecule has 0 aromatic rings. The van der Waals surface area contributed by atoms with Gasteiger partial charge in [-0.3, -0.25) is 4.79 Å². The average Bonchev–Trinajstić information content (AvgIpc) is 3.14. The van der Waals surface area contributed by atoms with Crippen LogP contribution < -0.4 is 5.32 Å². The highest BCUT2D eigenvalue weighted by Gasteiger charge is 2.41. The molecule has 4 heteroatoms. The second kappa shape index (κ2) is 4.72. The number of amides is 1. The van der Waals surface area contributed by atoms with E-state index in [0.29, 0.717) is 12.6 Å². The number of carbonyl (C=O) groups excluding carboxylic acids is 1. The predicted molar refractivity (Wildman–Crippen MR) is 62.0 cm³/mol. The molecule has 0 aromatic heterocycles. The van der Waals surface area contributed by atoms with Gasteiger partial charge in [0.05, 0.1) is 6.54 Å². The minimum Gasteiger partial charge on any atom is -0.396 e. The van der Waals surface area contributed by atoms with Crippen LogP contribution in [0, 0.1) is 5.41 Å². The van der Waals surface area contributed by atoms with Gasteiger partial charge in [-0.1, -0.05) is 0 Å². The fourth-order valence-corrected chi connectivity index (χ4v) is 2.13. The van der Waals surface area contributed by atoms with Crippen LogP contribution in [0.4, 0.5) is 0 Å². The molecule has 0 heterocycles. The molecule has 2 aliphatic carbocycles. The van der Waals surface area contributed by atoms with Crippen LogP contribution in [0.1, 0.15) is 32.6 Å². The van der Waals surface area contributed by atoms with Gasteiger partial charge < -0.3 is 15.3 Å². The number of aliphatic hydroxyl groups is 1. The first-order valence-electron chi connectivity index (χ1n) is 6.32. The average molecular weight is 226 g/mol. The van der Waals surface area contributed by atoms with E-state index in [1.807, 2.05) is 11.8 Å². The topological polar surface area (TPSA) is 52.6 Å². The Morgan fingerprint density at radius 3 is 2.62 bits per heavy atom. The van der Waals surface area contributed by atoms with Crippen molar-refractivity contribution in [3.8, 4) is 0 Å². The van der Waals surface area contributed by atoms with Gasteiger partial charge in [0.25, 0.3) is 0 Å². The summed E-state index contributed by atoms with van der Waals surface area (Å²) in [4.78, 5) is 13.8. The highest BCUT2D eigenvalue weighted by Crippen LogP contribution is 2.44. The minimum atomic E-state index is 0.0942. The Morgan fingerprint density at radius 1 is 1.50 bits per heavy atom. The molecule has 0 radical (unpaired) electrons. The maximum atomic E-state index is 11.9. The van der Waals surface area contributed by atoms with Gasteiger partial charge in [0.15, 0.2) is 0 Å². The largest absolute Gasteiger partial charge is 0.396 e. The molecule has 92 valence electrons. The highest BCUT2D eigenvalue weighted by molar-refractivity contribution is 5.78.